The molecule has 0 fully saturated rings. The van der Waals surface area contributed by atoms with Crippen LogP contribution in [0, 0.1) is 13.8 Å². The number of benzene rings is 1. The molecule has 124 valence electrons. The van der Waals surface area contributed by atoms with Gasteiger partial charge in [-0.3, -0.25) is 4.98 Å². The topological polar surface area (TPSA) is 40.7 Å². The van der Waals surface area contributed by atoms with Crippen molar-refractivity contribution in [3.05, 3.63) is 52.3 Å². The van der Waals surface area contributed by atoms with Crippen LogP contribution in [0.5, 0.6) is 0 Å². The van der Waals surface area contributed by atoms with Gasteiger partial charge in [0.2, 0.25) is 0 Å². The number of nitrogens with zero attached hydrogens (tertiary/aromatic N) is 1. The summed E-state index contributed by atoms with van der Waals surface area (Å²) in [7, 11) is 0. The summed E-state index contributed by atoms with van der Waals surface area (Å²) in [6, 6.07) is 9.13. The predicted molar refractivity (Wildman–Crippen MR) is 101 cm³/mol. The monoisotopic (exact) mass is 319 g/mol. The second-order valence-corrected chi connectivity index (χ2v) is 7.30. The average molecular weight is 319 g/mol. The van der Waals surface area contributed by atoms with Crippen molar-refractivity contribution >= 4 is 10.9 Å². The van der Waals surface area contributed by atoms with E-state index in [0.29, 0.717) is 5.92 Å². The van der Waals surface area contributed by atoms with Gasteiger partial charge in [-0.25, -0.2) is 0 Å². The molecular formula is C21H25N3. The lowest BCUT2D eigenvalue weighted by Crippen LogP contribution is -2.23. The number of hydrogen-bond donors (Lipinski definition) is 2. The molecule has 1 aromatic carbocycles. The Hall–Kier alpha value is -2.13. The maximum atomic E-state index is 4.53. The van der Waals surface area contributed by atoms with Crippen molar-refractivity contribution in [3.63, 3.8) is 0 Å². The molecule has 0 unspecified atom stereocenters. The van der Waals surface area contributed by atoms with E-state index in [9.17, 15) is 0 Å². The Balaban J connectivity index is 1.99. The smallest absolute Gasteiger partial charge is 0.0501 e. The minimum absolute atomic E-state index is 0.470. The number of aryl methyl sites for hydroxylation is 2. The Kier molecular flexibility index (Phi) is 3.69. The Morgan fingerprint density at radius 2 is 1.75 bits per heavy atom. The average Bonchev–Trinajstić information content (AvgIpc) is 2.90. The Labute approximate surface area is 143 Å². The Morgan fingerprint density at radius 1 is 1.00 bits per heavy atom. The third kappa shape index (κ3) is 2.53. The first-order valence-corrected chi connectivity index (χ1v) is 8.86. The molecule has 24 heavy (non-hydrogen) atoms. The maximum Gasteiger partial charge on any atom is 0.0501 e. The predicted octanol–water partition coefficient (Wildman–Crippen LogP) is 4.62. The third-order valence-electron chi connectivity index (χ3n) is 4.99. The van der Waals surface area contributed by atoms with Gasteiger partial charge in [0.05, 0.1) is 5.69 Å². The molecule has 3 heteroatoms. The molecule has 2 N–H and O–H groups in total. The molecule has 0 saturated heterocycles. The van der Waals surface area contributed by atoms with Crippen LogP contribution in [0.25, 0.3) is 22.2 Å². The number of nitrogens with one attached hydrogen (secondary N) is 2. The van der Waals surface area contributed by atoms with E-state index < -0.39 is 0 Å². The second kappa shape index (κ2) is 5.75. The first-order valence-electron chi connectivity index (χ1n) is 8.86. The van der Waals surface area contributed by atoms with Crippen LogP contribution >= 0.6 is 0 Å². The summed E-state index contributed by atoms with van der Waals surface area (Å²) in [5.74, 6) is 0.470. The molecule has 0 radical (unpaired) electrons. The molecule has 0 atom stereocenters. The quantitative estimate of drug-likeness (QED) is 0.724. The van der Waals surface area contributed by atoms with Crippen LogP contribution in [0.4, 0.5) is 0 Å². The van der Waals surface area contributed by atoms with Crippen LogP contribution in [0.3, 0.4) is 0 Å². The lowest BCUT2D eigenvalue weighted by Gasteiger charge is -2.17. The summed E-state index contributed by atoms with van der Waals surface area (Å²) in [4.78, 5) is 8.25. The molecule has 3 aromatic rings. The van der Waals surface area contributed by atoms with E-state index in [1.165, 1.54) is 38.9 Å². The van der Waals surface area contributed by atoms with Crippen molar-refractivity contribution in [2.45, 2.75) is 46.6 Å². The van der Waals surface area contributed by atoms with Crippen molar-refractivity contribution in [2.24, 2.45) is 0 Å². The molecule has 1 aliphatic heterocycles. The summed E-state index contributed by atoms with van der Waals surface area (Å²) in [6.45, 7) is 10.8. The minimum Gasteiger partial charge on any atom is -0.354 e. The SMILES string of the molecule is Cc1cc(-c2[nH]c3cc4c(cc3c2C(C)C)CNCC4)cc(C)n1. The molecule has 4 rings (SSSR count). The van der Waals surface area contributed by atoms with Gasteiger partial charge in [0.25, 0.3) is 0 Å². The van der Waals surface area contributed by atoms with Crippen molar-refractivity contribution in [1.29, 1.82) is 0 Å². The van der Waals surface area contributed by atoms with Crippen LogP contribution in [-0.2, 0) is 13.0 Å². The van der Waals surface area contributed by atoms with Crippen molar-refractivity contribution in [1.82, 2.24) is 15.3 Å². The van der Waals surface area contributed by atoms with Crippen LogP contribution in [0.1, 0.15) is 47.8 Å². The van der Waals surface area contributed by atoms with E-state index in [-0.39, 0.29) is 0 Å². The van der Waals surface area contributed by atoms with Gasteiger partial charge >= 0.3 is 0 Å². The van der Waals surface area contributed by atoms with Gasteiger partial charge in [-0.2, -0.15) is 0 Å². The van der Waals surface area contributed by atoms with Crippen LogP contribution in [0.2, 0.25) is 0 Å². The molecule has 0 saturated carbocycles. The number of fused-ring (bicyclic) bond motifs is 2. The second-order valence-electron chi connectivity index (χ2n) is 7.30. The molecule has 0 aliphatic carbocycles. The fourth-order valence-corrected chi connectivity index (χ4v) is 4.00. The van der Waals surface area contributed by atoms with Crippen LogP contribution < -0.4 is 5.32 Å². The summed E-state index contributed by atoms with van der Waals surface area (Å²) >= 11 is 0. The molecule has 0 bridgehead atoms. The fourth-order valence-electron chi connectivity index (χ4n) is 4.00. The number of aromatic amines is 1. The standard InChI is InChI=1S/C21H25N3/c1-12(2)20-18-9-17-11-22-6-5-15(17)10-19(18)24-21(20)16-7-13(3)23-14(4)8-16/h7-10,12,22,24H,5-6,11H2,1-4H3. The van der Waals surface area contributed by atoms with E-state index in [0.717, 1.165) is 30.9 Å². The van der Waals surface area contributed by atoms with Gasteiger partial charge < -0.3 is 10.3 Å². The molecular weight excluding hydrogens is 294 g/mol. The van der Waals surface area contributed by atoms with Gasteiger partial charge in [0.15, 0.2) is 0 Å². The van der Waals surface area contributed by atoms with Crippen LogP contribution in [-0.4, -0.2) is 16.5 Å². The first kappa shape index (κ1) is 15.4. The summed E-state index contributed by atoms with van der Waals surface area (Å²) in [6.07, 6.45) is 1.12. The Bertz CT molecular complexity index is 898. The lowest BCUT2D eigenvalue weighted by atomic mass is 9.93. The number of rotatable bonds is 2. The molecule has 2 aromatic heterocycles. The number of pyridine rings is 1. The maximum absolute atomic E-state index is 4.53. The highest BCUT2D eigenvalue weighted by Gasteiger charge is 2.19. The number of hydrogen-bond acceptors (Lipinski definition) is 2. The zero-order valence-electron chi connectivity index (χ0n) is 15.0. The van der Waals surface area contributed by atoms with E-state index >= 15 is 0 Å². The van der Waals surface area contributed by atoms with Gasteiger partial charge in [-0.15, -0.1) is 0 Å². The zero-order valence-corrected chi connectivity index (χ0v) is 15.0. The third-order valence-corrected chi connectivity index (χ3v) is 4.99. The van der Waals surface area contributed by atoms with Gasteiger partial charge in [-0.1, -0.05) is 13.8 Å². The molecule has 1 aliphatic rings. The Morgan fingerprint density at radius 3 is 2.46 bits per heavy atom. The van der Waals surface area contributed by atoms with E-state index in [1.54, 1.807) is 0 Å². The van der Waals surface area contributed by atoms with Crippen molar-refractivity contribution in [2.75, 3.05) is 6.54 Å². The zero-order chi connectivity index (χ0) is 16.8. The summed E-state index contributed by atoms with van der Waals surface area (Å²) in [5.41, 5.74) is 10.3. The number of H-pyrrole nitrogens is 1. The van der Waals surface area contributed by atoms with E-state index in [2.05, 4.69) is 67.2 Å². The minimum atomic E-state index is 0.470. The largest absolute Gasteiger partial charge is 0.354 e. The highest BCUT2D eigenvalue weighted by molar-refractivity contribution is 5.92. The molecule has 0 spiro atoms. The molecule has 0 amide bonds. The van der Waals surface area contributed by atoms with Crippen LogP contribution in [0.15, 0.2) is 24.3 Å². The fraction of sp³-hybridized carbons (Fsp3) is 0.381. The van der Waals surface area contributed by atoms with Gasteiger partial charge in [0.1, 0.15) is 0 Å². The first-order chi connectivity index (χ1) is 11.5. The van der Waals surface area contributed by atoms with E-state index in [4.69, 9.17) is 0 Å². The highest BCUT2D eigenvalue weighted by atomic mass is 14.9. The highest BCUT2D eigenvalue weighted by Crippen LogP contribution is 2.37. The summed E-state index contributed by atoms with van der Waals surface area (Å²) < 4.78 is 0. The van der Waals surface area contributed by atoms with E-state index in [1.807, 2.05) is 0 Å². The van der Waals surface area contributed by atoms with Crippen molar-refractivity contribution < 1.29 is 0 Å². The number of aromatic nitrogens is 2. The normalized spacial score (nSPS) is 14.4. The lowest BCUT2D eigenvalue weighted by molar-refractivity contribution is 0.645. The molecule has 3 heterocycles. The van der Waals surface area contributed by atoms with Gasteiger partial charge in [-0.05, 0) is 73.7 Å². The van der Waals surface area contributed by atoms with Crippen molar-refractivity contribution in [3.8, 4) is 11.3 Å². The molecule has 3 nitrogen and oxygen atoms in total. The van der Waals surface area contributed by atoms with Gasteiger partial charge in [0, 0.05) is 34.4 Å². The summed E-state index contributed by atoms with van der Waals surface area (Å²) in [5, 5.41) is 4.86.